The molecule has 0 spiro atoms. The molecule has 0 atom stereocenters. The van der Waals surface area contributed by atoms with Crippen LogP contribution in [0.4, 0.5) is 5.69 Å². The third kappa shape index (κ3) is 4.35. The van der Waals surface area contributed by atoms with Crippen LogP contribution in [0.1, 0.15) is 29.8 Å². The van der Waals surface area contributed by atoms with Crippen molar-refractivity contribution in [2.24, 2.45) is 5.92 Å². The number of nitrogens with one attached hydrogen (secondary N) is 1. The number of aromatic nitrogens is 1. The number of anilines is 1. The Kier molecular flexibility index (Phi) is 5.53. The van der Waals surface area contributed by atoms with Gasteiger partial charge in [-0.1, -0.05) is 38.1 Å². The van der Waals surface area contributed by atoms with E-state index in [9.17, 15) is 4.79 Å². The van der Waals surface area contributed by atoms with Gasteiger partial charge in [-0.05, 0) is 60.9 Å². The maximum Gasteiger partial charge on any atom is 0.255 e. The third-order valence-electron chi connectivity index (χ3n) is 4.70. The van der Waals surface area contributed by atoms with Crippen molar-refractivity contribution in [3.8, 4) is 17.2 Å². The predicted molar refractivity (Wildman–Crippen MR) is 119 cm³/mol. The normalized spacial score (nSPS) is 11.1. The molecule has 0 unspecified atom stereocenters. The molecule has 0 radical (unpaired) electrons. The van der Waals surface area contributed by atoms with Gasteiger partial charge in [-0.15, -0.1) is 0 Å². The average Bonchev–Trinajstić information content (AvgIpc) is 3.16. The first-order valence-corrected chi connectivity index (χ1v) is 10.0. The molecule has 30 heavy (non-hydrogen) atoms. The van der Waals surface area contributed by atoms with E-state index in [1.165, 1.54) is 0 Å². The van der Waals surface area contributed by atoms with E-state index in [2.05, 4.69) is 24.1 Å². The average molecular weight is 400 g/mol. The minimum absolute atomic E-state index is 0.202. The topological polar surface area (TPSA) is 64.4 Å². The summed E-state index contributed by atoms with van der Waals surface area (Å²) in [6.07, 6.45) is 0. The zero-order valence-electron chi connectivity index (χ0n) is 17.3. The Morgan fingerprint density at radius 3 is 2.70 bits per heavy atom. The van der Waals surface area contributed by atoms with Crippen LogP contribution in [-0.2, 0) is 0 Å². The first kappa shape index (κ1) is 19.7. The van der Waals surface area contributed by atoms with Crippen molar-refractivity contribution in [1.29, 1.82) is 0 Å². The molecular weight excluding hydrogens is 376 g/mol. The largest absolute Gasteiger partial charge is 0.493 e. The fourth-order valence-electron chi connectivity index (χ4n) is 3.13. The van der Waals surface area contributed by atoms with Gasteiger partial charge in [-0.3, -0.25) is 4.79 Å². The Bertz CT molecular complexity index is 1190. The van der Waals surface area contributed by atoms with E-state index in [0.29, 0.717) is 46.5 Å². The quantitative estimate of drug-likeness (QED) is 0.425. The summed E-state index contributed by atoms with van der Waals surface area (Å²) in [6, 6.07) is 20.6. The molecular formula is C25H24N2O3. The molecule has 1 heterocycles. The number of benzene rings is 3. The number of hydrogen-bond acceptors (Lipinski definition) is 4. The van der Waals surface area contributed by atoms with Crippen LogP contribution in [0.5, 0.6) is 5.75 Å². The van der Waals surface area contributed by atoms with Crippen LogP contribution in [0, 0.1) is 12.8 Å². The lowest BCUT2D eigenvalue weighted by atomic mass is 10.1. The van der Waals surface area contributed by atoms with Crippen LogP contribution in [0.15, 0.2) is 71.1 Å². The number of fused-ring (bicyclic) bond motifs is 1. The Morgan fingerprint density at radius 1 is 1.07 bits per heavy atom. The zero-order chi connectivity index (χ0) is 21.1. The minimum Gasteiger partial charge on any atom is -0.493 e. The Balaban J connectivity index is 1.53. The molecule has 1 amide bonds. The summed E-state index contributed by atoms with van der Waals surface area (Å²) in [5.74, 6) is 1.47. The second-order valence-corrected chi connectivity index (χ2v) is 7.70. The summed E-state index contributed by atoms with van der Waals surface area (Å²) >= 11 is 0. The van der Waals surface area contributed by atoms with E-state index in [1.54, 1.807) is 12.1 Å². The number of nitrogens with zero attached hydrogens (tertiary/aromatic N) is 1. The lowest BCUT2D eigenvalue weighted by Crippen LogP contribution is -2.12. The maximum absolute atomic E-state index is 12.7. The molecule has 4 rings (SSSR count). The van der Waals surface area contributed by atoms with Crippen LogP contribution in [0.2, 0.25) is 0 Å². The molecule has 3 aromatic carbocycles. The second-order valence-electron chi connectivity index (χ2n) is 7.70. The van der Waals surface area contributed by atoms with Crippen LogP contribution >= 0.6 is 0 Å². The molecule has 0 fully saturated rings. The first-order valence-electron chi connectivity index (χ1n) is 10.0. The molecule has 5 heteroatoms. The van der Waals surface area contributed by atoms with Crippen molar-refractivity contribution in [3.05, 3.63) is 77.9 Å². The lowest BCUT2D eigenvalue weighted by molar-refractivity contribution is 0.102. The van der Waals surface area contributed by atoms with E-state index in [4.69, 9.17) is 9.15 Å². The van der Waals surface area contributed by atoms with Gasteiger partial charge in [0.15, 0.2) is 5.58 Å². The molecule has 0 bridgehead atoms. The van der Waals surface area contributed by atoms with Gasteiger partial charge in [0.2, 0.25) is 5.89 Å². The summed E-state index contributed by atoms with van der Waals surface area (Å²) in [5.41, 5.74) is 4.62. The van der Waals surface area contributed by atoms with Crippen LogP contribution < -0.4 is 10.1 Å². The van der Waals surface area contributed by atoms with Gasteiger partial charge in [-0.25, -0.2) is 4.98 Å². The number of aryl methyl sites for hydroxylation is 1. The Hall–Kier alpha value is -3.60. The highest BCUT2D eigenvalue weighted by Crippen LogP contribution is 2.28. The number of carbonyl (C=O) groups excluding carboxylic acids is 1. The zero-order valence-corrected chi connectivity index (χ0v) is 17.3. The maximum atomic E-state index is 12.7. The second kappa shape index (κ2) is 8.41. The van der Waals surface area contributed by atoms with Gasteiger partial charge in [0.1, 0.15) is 11.3 Å². The molecule has 0 saturated carbocycles. The minimum atomic E-state index is -0.202. The van der Waals surface area contributed by atoms with Gasteiger partial charge < -0.3 is 14.5 Å². The van der Waals surface area contributed by atoms with Crippen LogP contribution in [0.25, 0.3) is 22.6 Å². The van der Waals surface area contributed by atoms with Crippen molar-refractivity contribution in [2.75, 3.05) is 11.9 Å². The van der Waals surface area contributed by atoms with E-state index in [1.807, 2.05) is 61.5 Å². The predicted octanol–water partition coefficient (Wildman–Crippen LogP) is 6.09. The fraction of sp³-hybridized carbons (Fsp3) is 0.200. The number of oxazole rings is 1. The van der Waals surface area contributed by atoms with E-state index >= 15 is 0 Å². The van der Waals surface area contributed by atoms with Crippen molar-refractivity contribution < 1.29 is 13.9 Å². The molecule has 0 saturated heterocycles. The summed E-state index contributed by atoms with van der Waals surface area (Å²) in [7, 11) is 0. The smallest absolute Gasteiger partial charge is 0.255 e. The third-order valence-corrected chi connectivity index (χ3v) is 4.70. The highest BCUT2D eigenvalue weighted by Gasteiger charge is 2.12. The first-order chi connectivity index (χ1) is 14.5. The number of ether oxygens (including phenoxy) is 1. The highest BCUT2D eigenvalue weighted by atomic mass is 16.5. The van der Waals surface area contributed by atoms with E-state index in [0.717, 1.165) is 11.1 Å². The molecule has 1 aromatic heterocycles. The SMILES string of the molecule is Cc1ccccc1-c1nc2cc(NC(=O)c3cccc(OCC(C)C)c3)ccc2o1. The van der Waals surface area contributed by atoms with Crippen molar-refractivity contribution in [3.63, 3.8) is 0 Å². The molecule has 0 aliphatic carbocycles. The standard InChI is InChI=1S/C25H24N2O3/c1-16(2)15-29-20-9-6-8-18(13-20)24(28)26-19-11-12-23-22(14-19)27-25(30-23)21-10-5-4-7-17(21)3/h4-14,16H,15H2,1-3H3,(H,26,28). The number of carbonyl (C=O) groups is 1. The number of hydrogen-bond donors (Lipinski definition) is 1. The van der Waals surface area contributed by atoms with Crippen molar-refractivity contribution in [2.45, 2.75) is 20.8 Å². The fourth-order valence-corrected chi connectivity index (χ4v) is 3.13. The van der Waals surface area contributed by atoms with Crippen molar-refractivity contribution in [1.82, 2.24) is 4.98 Å². The van der Waals surface area contributed by atoms with Crippen LogP contribution in [-0.4, -0.2) is 17.5 Å². The highest BCUT2D eigenvalue weighted by molar-refractivity contribution is 6.05. The summed E-state index contributed by atoms with van der Waals surface area (Å²) in [6.45, 7) is 6.80. The Labute approximate surface area is 175 Å². The number of rotatable bonds is 6. The van der Waals surface area contributed by atoms with Crippen molar-refractivity contribution >= 4 is 22.7 Å². The van der Waals surface area contributed by atoms with Gasteiger partial charge in [0.25, 0.3) is 5.91 Å². The van der Waals surface area contributed by atoms with Gasteiger partial charge >= 0.3 is 0 Å². The monoisotopic (exact) mass is 400 g/mol. The molecule has 152 valence electrons. The molecule has 5 nitrogen and oxygen atoms in total. The summed E-state index contributed by atoms with van der Waals surface area (Å²) < 4.78 is 11.6. The van der Waals surface area contributed by atoms with Gasteiger partial charge in [-0.2, -0.15) is 0 Å². The molecule has 1 N–H and O–H groups in total. The van der Waals surface area contributed by atoms with Gasteiger partial charge in [0.05, 0.1) is 6.61 Å². The molecule has 0 aliphatic heterocycles. The summed E-state index contributed by atoms with van der Waals surface area (Å²) in [5, 5.41) is 2.93. The molecule has 4 aromatic rings. The van der Waals surface area contributed by atoms with Gasteiger partial charge in [0, 0.05) is 16.8 Å². The van der Waals surface area contributed by atoms with E-state index < -0.39 is 0 Å². The lowest BCUT2D eigenvalue weighted by Gasteiger charge is -2.10. The van der Waals surface area contributed by atoms with Crippen LogP contribution in [0.3, 0.4) is 0 Å². The van der Waals surface area contributed by atoms with E-state index in [-0.39, 0.29) is 5.91 Å². The molecule has 0 aliphatic rings. The number of amides is 1. The Morgan fingerprint density at radius 2 is 1.90 bits per heavy atom. The summed E-state index contributed by atoms with van der Waals surface area (Å²) in [4.78, 5) is 17.3.